The Morgan fingerprint density at radius 2 is 1.95 bits per heavy atom. The fourth-order valence-corrected chi connectivity index (χ4v) is 1.55. The molecule has 0 saturated carbocycles. The molecule has 1 rings (SSSR count). The van der Waals surface area contributed by atoms with Crippen LogP contribution in [0.4, 0.5) is 5.69 Å². The van der Waals surface area contributed by atoms with Gasteiger partial charge in [0, 0.05) is 12.2 Å². The largest absolute Gasteiger partial charge is 0.394 e. The molecule has 1 aromatic carbocycles. The smallest absolute Gasteiger partial charge is 0.313 e. The molecule has 110 valence electrons. The molecule has 0 aliphatic rings. The molecule has 0 aliphatic heterocycles. The zero-order chi connectivity index (χ0) is 15.0. The van der Waals surface area contributed by atoms with Crippen molar-refractivity contribution in [2.75, 3.05) is 31.7 Å². The molecule has 0 spiro atoms. The first-order chi connectivity index (χ1) is 9.56. The van der Waals surface area contributed by atoms with Crippen LogP contribution in [0.1, 0.15) is 11.1 Å². The summed E-state index contributed by atoms with van der Waals surface area (Å²) < 4.78 is 4.97. The molecule has 0 heterocycles. The van der Waals surface area contributed by atoms with Crippen LogP contribution in [0.25, 0.3) is 0 Å². The summed E-state index contributed by atoms with van der Waals surface area (Å²) in [6, 6.07) is 5.50. The summed E-state index contributed by atoms with van der Waals surface area (Å²) in [5.74, 6) is -1.42. The Balaban J connectivity index is 2.42. The van der Waals surface area contributed by atoms with E-state index in [-0.39, 0.29) is 26.4 Å². The van der Waals surface area contributed by atoms with Crippen LogP contribution in [-0.4, -0.2) is 43.3 Å². The maximum atomic E-state index is 11.7. The van der Waals surface area contributed by atoms with Crippen LogP contribution in [-0.2, 0) is 14.3 Å². The third kappa shape index (κ3) is 4.99. The van der Waals surface area contributed by atoms with Gasteiger partial charge in [-0.2, -0.15) is 0 Å². The lowest BCUT2D eigenvalue weighted by Gasteiger charge is -2.10. The van der Waals surface area contributed by atoms with Crippen LogP contribution < -0.4 is 10.6 Å². The van der Waals surface area contributed by atoms with Crippen LogP contribution in [0.15, 0.2) is 18.2 Å². The molecule has 0 atom stereocenters. The molecule has 0 unspecified atom stereocenters. The van der Waals surface area contributed by atoms with Crippen LogP contribution in [0.3, 0.4) is 0 Å². The summed E-state index contributed by atoms with van der Waals surface area (Å²) in [6.07, 6.45) is 0. The first-order valence-electron chi connectivity index (χ1n) is 6.40. The number of ether oxygens (including phenoxy) is 1. The number of nitrogens with one attached hydrogen (secondary N) is 2. The SMILES string of the molecule is Cc1cccc(NC(=O)C(=O)NCCOCCO)c1C. The minimum atomic E-state index is -0.710. The highest BCUT2D eigenvalue weighted by Crippen LogP contribution is 2.17. The molecule has 3 N–H and O–H groups in total. The van der Waals surface area contributed by atoms with E-state index >= 15 is 0 Å². The Labute approximate surface area is 118 Å². The van der Waals surface area contributed by atoms with Crippen molar-refractivity contribution in [2.45, 2.75) is 13.8 Å². The van der Waals surface area contributed by atoms with E-state index in [2.05, 4.69) is 10.6 Å². The molecule has 0 aromatic heterocycles. The maximum Gasteiger partial charge on any atom is 0.313 e. The Hall–Kier alpha value is -1.92. The molecule has 0 radical (unpaired) electrons. The Kier molecular flexibility index (Phi) is 6.69. The summed E-state index contributed by atoms with van der Waals surface area (Å²) in [6.45, 7) is 4.43. The number of aryl methyl sites for hydroxylation is 1. The van der Waals surface area contributed by atoms with E-state index in [0.29, 0.717) is 5.69 Å². The van der Waals surface area contributed by atoms with Gasteiger partial charge in [0.25, 0.3) is 0 Å². The van der Waals surface area contributed by atoms with Gasteiger partial charge >= 0.3 is 11.8 Å². The molecule has 0 fully saturated rings. The Bertz CT molecular complexity index is 474. The van der Waals surface area contributed by atoms with Gasteiger partial charge in [-0.25, -0.2) is 0 Å². The van der Waals surface area contributed by atoms with E-state index in [1.165, 1.54) is 0 Å². The minimum absolute atomic E-state index is 0.0684. The molecule has 0 saturated heterocycles. The summed E-state index contributed by atoms with van der Waals surface area (Å²) >= 11 is 0. The van der Waals surface area contributed by atoms with Gasteiger partial charge in [0.1, 0.15) is 0 Å². The van der Waals surface area contributed by atoms with Crippen LogP contribution in [0.2, 0.25) is 0 Å². The van der Waals surface area contributed by atoms with Gasteiger partial charge in [0.2, 0.25) is 0 Å². The lowest BCUT2D eigenvalue weighted by atomic mass is 10.1. The lowest BCUT2D eigenvalue weighted by Crippen LogP contribution is -2.37. The van der Waals surface area contributed by atoms with Gasteiger partial charge in [-0.05, 0) is 31.0 Å². The van der Waals surface area contributed by atoms with Gasteiger partial charge in [0.05, 0.1) is 19.8 Å². The van der Waals surface area contributed by atoms with Crippen molar-refractivity contribution < 1.29 is 19.4 Å². The second kappa shape index (κ2) is 8.29. The van der Waals surface area contributed by atoms with Crippen molar-refractivity contribution in [3.8, 4) is 0 Å². The number of carbonyl (C=O) groups is 2. The number of anilines is 1. The highest BCUT2D eigenvalue weighted by atomic mass is 16.5. The normalized spacial score (nSPS) is 10.2. The highest BCUT2D eigenvalue weighted by Gasteiger charge is 2.14. The van der Waals surface area contributed by atoms with Gasteiger partial charge in [-0.15, -0.1) is 0 Å². The summed E-state index contributed by atoms with van der Waals surface area (Å²) in [4.78, 5) is 23.2. The second-order valence-electron chi connectivity index (χ2n) is 4.29. The molecule has 1 aromatic rings. The number of amides is 2. The maximum absolute atomic E-state index is 11.7. The van der Waals surface area contributed by atoms with Crippen molar-refractivity contribution >= 4 is 17.5 Å². The fraction of sp³-hybridized carbons (Fsp3) is 0.429. The second-order valence-corrected chi connectivity index (χ2v) is 4.29. The predicted octanol–water partition coefficient (Wildman–Crippen LogP) is 0.367. The summed E-state index contributed by atoms with van der Waals surface area (Å²) in [5, 5.41) is 13.5. The molecule has 0 aliphatic carbocycles. The zero-order valence-corrected chi connectivity index (χ0v) is 11.7. The average Bonchev–Trinajstić information content (AvgIpc) is 2.43. The number of carbonyl (C=O) groups excluding carboxylic acids is 2. The topological polar surface area (TPSA) is 87.7 Å². The number of rotatable bonds is 6. The van der Waals surface area contributed by atoms with E-state index in [1.54, 1.807) is 6.07 Å². The van der Waals surface area contributed by atoms with E-state index in [9.17, 15) is 9.59 Å². The standard InChI is InChI=1S/C14H20N2O4/c1-10-4-3-5-12(11(10)2)16-14(19)13(18)15-6-8-20-9-7-17/h3-5,17H,6-9H2,1-2H3,(H,15,18)(H,16,19). The van der Waals surface area contributed by atoms with E-state index in [1.807, 2.05) is 26.0 Å². The van der Waals surface area contributed by atoms with Crippen molar-refractivity contribution in [1.29, 1.82) is 0 Å². The van der Waals surface area contributed by atoms with Gasteiger partial charge in [0.15, 0.2) is 0 Å². The Morgan fingerprint density at radius 1 is 1.20 bits per heavy atom. The highest BCUT2D eigenvalue weighted by molar-refractivity contribution is 6.39. The zero-order valence-electron chi connectivity index (χ0n) is 11.7. The van der Waals surface area contributed by atoms with E-state index in [0.717, 1.165) is 11.1 Å². The van der Waals surface area contributed by atoms with Crippen molar-refractivity contribution in [3.05, 3.63) is 29.3 Å². The predicted molar refractivity (Wildman–Crippen MR) is 75.5 cm³/mol. The fourth-order valence-electron chi connectivity index (χ4n) is 1.55. The molecule has 6 heteroatoms. The summed E-state index contributed by atoms with van der Waals surface area (Å²) in [5.41, 5.74) is 2.60. The molecule has 20 heavy (non-hydrogen) atoms. The van der Waals surface area contributed by atoms with Crippen LogP contribution in [0.5, 0.6) is 0 Å². The monoisotopic (exact) mass is 280 g/mol. The van der Waals surface area contributed by atoms with Gasteiger partial charge in [-0.1, -0.05) is 12.1 Å². The van der Waals surface area contributed by atoms with Crippen LogP contribution >= 0.6 is 0 Å². The number of aliphatic hydroxyl groups excluding tert-OH is 1. The molecule has 0 bridgehead atoms. The van der Waals surface area contributed by atoms with Gasteiger partial charge in [-0.3, -0.25) is 9.59 Å². The lowest BCUT2D eigenvalue weighted by molar-refractivity contribution is -0.136. The Morgan fingerprint density at radius 3 is 2.65 bits per heavy atom. The van der Waals surface area contributed by atoms with E-state index < -0.39 is 11.8 Å². The molecule has 2 amide bonds. The quantitative estimate of drug-likeness (QED) is 0.519. The third-order valence-electron chi connectivity index (χ3n) is 2.83. The summed E-state index contributed by atoms with van der Waals surface area (Å²) in [7, 11) is 0. The number of hydrogen-bond donors (Lipinski definition) is 3. The third-order valence-corrected chi connectivity index (χ3v) is 2.83. The molecular formula is C14H20N2O4. The van der Waals surface area contributed by atoms with Gasteiger partial charge < -0.3 is 20.5 Å². The minimum Gasteiger partial charge on any atom is -0.394 e. The first kappa shape index (κ1) is 16.1. The number of benzene rings is 1. The first-order valence-corrected chi connectivity index (χ1v) is 6.40. The number of hydrogen-bond acceptors (Lipinski definition) is 4. The van der Waals surface area contributed by atoms with Crippen LogP contribution in [0, 0.1) is 13.8 Å². The van der Waals surface area contributed by atoms with E-state index in [4.69, 9.17) is 9.84 Å². The van der Waals surface area contributed by atoms with Crippen molar-refractivity contribution in [3.63, 3.8) is 0 Å². The molecule has 6 nitrogen and oxygen atoms in total. The van der Waals surface area contributed by atoms with Crippen molar-refractivity contribution in [2.24, 2.45) is 0 Å². The number of aliphatic hydroxyl groups is 1. The molecular weight excluding hydrogens is 260 g/mol. The van der Waals surface area contributed by atoms with Crippen molar-refractivity contribution in [1.82, 2.24) is 5.32 Å². The average molecular weight is 280 g/mol.